The number of carbonyl (C=O) groups is 4. The van der Waals surface area contributed by atoms with E-state index in [1.807, 2.05) is 18.2 Å². The number of ether oxygens (including phenoxy) is 1. The van der Waals surface area contributed by atoms with Crippen molar-refractivity contribution in [2.45, 2.75) is 25.7 Å². The minimum absolute atomic E-state index is 0.00777. The van der Waals surface area contributed by atoms with Crippen LogP contribution in [-0.4, -0.2) is 55.3 Å². The SMILES string of the molecule is COCC(=O)N1CCCc2ccc(NC(=O)CCCN3C(=O)c4ccccc4C3=O)cc21. The summed E-state index contributed by atoms with van der Waals surface area (Å²) in [6, 6.07) is 12.3. The number of anilines is 2. The molecule has 1 N–H and O–H groups in total. The average molecular weight is 435 g/mol. The van der Waals surface area contributed by atoms with Gasteiger partial charge in [0.05, 0.1) is 11.1 Å². The monoisotopic (exact) mass is 435 g/mol. The summed E-state index contributed by atoms with van der Waals surface area (Å²) in [5.74, 6) is -0.965. The van der Waals surface area contributed by atoms with Crippen LogP contribution in [0.25, 0.3) is 0 Å². The van der Waals surface area contributed by atoms with Crippen molar-refractivity contribution < 1.29 is 23.9 Å². The fourth-order valence-corrected chi connectivity index (χ4v) is 4.18. The van der Waals surface area contributed by atoms with Crippen LogP contribution in [0.2, 0.25) is 0 Å². The van der Waals surface area contributed by atoms with E-state index < -0.39 is 0 Å². The highest BCUT2D eigenvalue weighted by Crippen LogP contribution is 2.30. The molecule has 2 aliphatic heterocycles. The van der Waals surface area contributed by atoms with E-state index >= 15 is 0 Å². The zero-order valence-electron chi connectivity index (χ0n) is 17.9. The number of nitrogens with zero attached hydrogens (tertiary/aromatic N) is 2. The Hall–Kier alpha value is -3.52. The average Bonchev–Trinajstić information content (AvgIpc) is 3.04. The number of nitrogens with one attached hydrogen (secondary N) is 1. The molecule has 0 aromatic heterocycles. The number of hydrogen-bond donors (Lipinski definition) is 1. The third kappa shape index (κ3) is 4.27. The Kier molecular flexibility index (Phi) is 6.32. The van der Waals surface area contributed by atoms with E-state index in [0.29, 0.717) is 29.8 Å². The zero-order valence-corrected chi connectivity index (χ0v) is 17.9. The molecule has 0 spiro atoms. The van der Waals surface area contributed by atoms with E-state index in [-0.39, 0.29) is 43.2 Å². The maximum atomic E-state index is 12.5. The molecule has 2 heterocycles. The first kappa shape index (κ1) is 21.7. The van der Waals surface area contributed by atoms with Gasteiger partial charge in [0.15, 0.2) is 0 Å². The van der Waals surface area contributed by atoms with Gasteiger partial charge in [0.2, 0.25) is 5.91 Å². The number of rotatable bonds is 7. The van der Waals surface area contributed by atoms with Gasteiger partial charge >= 0.3 is 0 Å². The summed E-state index contributed by atoms with van der Waals surface area (Å²) in [6.07, 6.45) is 2.28. The molecule has 0 aliphatic carbocycles. The first-order chi connectivity index (χ1) is 15.5. The van der Waals surface area contributed by atoms with Gasteiger partial charge in [-0.25, -0.2) is 0 Å². The van der Waals surface area contributed by atoms with Gasteiger partial charge in [-0.3, -0.25) is 24.1 Å². The highest BCUT2D eigenvalue weighted by atomic mass is 16.5. The van der Waals surface area contributed by atoms with Gasteiger partial charge in [-0.2, -0.15) is 0 Å². The quantitative estimate of drug-likeness (QED) is 0.675. The van der Waals surface area contributed by atoms with Crippen molar-refractivity contribution in [1.82, 2.24) is 4.90 Å². The lowest BCUT2D eigenvalue weighted by Gasteiger charge is -2.30. The van der Waals surface area contributed by atoms with Crippen molar-refractivity contribution in [1.29, 1.82) is 0 Å². The Labute approximate surface area is 186 Å². The van der Waals surface area contributed by atoms with Crippen molar-refractivity contribution in [3.05, 3.63) is 59.2 Å². The number of carbonyl (C=O) groups excluding carboxylic acids is 4. The number of amides is 4. The molecule has 4 amide bonds. The molecule has 0 radical (unpaired) electrons. The van der Waals surface area contributed by atoms with Crippen molar-refractivity contribution in [3.8, 4) is 0 Å². The standard InChI is InChI=1S/C24H25N3O5/c1-32-15-22(29)26-12-4-6-16-10-11-17(14-20(16)26)25-21(28)9-5-13-27-23(30)18-7-2-3-8-19(18)24(27)31/h2-3,7-8,10-11,14H,4-6,9,12-13,15H2,1H3,(H,25,28). The van der Waals surface area contributed by atoms with Crippen LogP contribution < -0.4 is 10.2 Å². The normalized spacial score (nSPS) is 14.9. The minimum atomic E-state index is -0.318. The topological polar surface area (TPSA) is 96.0 Å². The predicted octanol–water partition coefficient (Wildman–Crippen LogP) is 2.63. The van der Waals surface area contributed by atoms with Crippen molar-refractivity contribution in [2.24, 2.45) is 0 Å². The highest BCUT2D eigenvalue weighted by Gasteiger charge is 2.34. The van der Waals surface area contributed by atoms with E-state index in [9.17, 15) is 19.2 Å². The second kappa shape index (κ2) is 9.32. The number of fused-ring (bicyclic) bond motifs is 2. The molecule has 0 atom stereocenters. The summed E-state index contributed by atoms with van der Waals surface area (Å²) in [6.45, 7) is 0.809. The van der Waals surface area contributed by atoms with E-state index in [2.05, 4.69) is 5.32 Å². The molecule has 0 saturated heterocycles. The maximum absolute atomic E-state index is 12.5. The third-order valence-corrected chi connectivity index (χ3v) is 5.72. The van der Waals surface area contributed by atoms with E-state index in [4.69, 9.17) is 4.74 Å². The second-order valence-corrected chi connectivity index (χ2v) is 7.88. The minimum Gasteiger partial charge on any atom is -0.375 e. The maximum Gasteiger partial charge on any atom is 0.261 e. The first-order valence-electron chi connectivity index (χ1n) is 10.7. The lowest BCUT2D eigenvalue weighted by molar-refractivity contribution is -0.122. The van der Waals surface area contributed by atoms with Gasteiger partial charge in [-0.05, 0) is 49.1 Å². The molecule has 0 saturated carbocycles. The Morgan fingerprint density at radius 2 is 1.78 bits per heavy atom. The predicted molar refractivity (Wildman–Crippen MR) is 119 cm³/mol. The Morgan fingerprint density at radius 3 is 2.47 bits per heavy atom. The van der Waals surface area contributed by atoms with E-state index in [1.165, 1.54) is 12.0 Å². The second-order valence-electron chi connectivity index (χ2n) is 7.88. The van der Waals surface area contributed by atoms with Crippen molar-refractivity contribution >= 4 is 35.0 Å². The molecule has 8 heteroatoms. The van der Waals surface area contributed by atoms with Crippen LogP contribution in [0.1, 0.15) is 45.5 Å². The summed E-state index contributed by atoms with van der Waals surface area (Å²) in [7, 11) is 1.49. The van der Waals surface area contributed by atoms with Gasteiger partial charge in [0, 0.05) is 38.0 Å². The van der Waals surface area contributed by atoms with Crippen LogP contribution in [0.3, 0.4) is 0 Å². The van der Waals surface area contributed by atoms with Gasteiger partial charge in [0.1, 0.15) is 6.61 Å². The number of imide groups is 1. The Bertz CT molecular complexity index is 1050. The first-order valence-corrected chi connectivity index (χ1v) is 10.7. The summed E-state index contributed by atoms with van der Waals surface area (Å²) in [5, 5.41) is 2.85. The van der Waals surface area contributed by atoms with Crippen LogP contribution in [0.5, 0.6) is 0 Å². The number of hydrogen-bond acceptors (Lipinski definition) is 5. The van der Waals surface area contributed by atoms with Crippen LogP contribution in [0.4, 0.5) is 11.4 Å². The molecular weight excluding hydrogens is 410 g/mol. The third-order valence-electron chi connectivity index (χ3n) is 5.72. The molecule has 2 aromatic rings. The molecule has 32 heavy (non-hydrogen) atoms. The Morgan fingerprint density at radius 1 is 1.06 bits per heavy atom. The molecule has 0 fully saturated rings. The van der Waals surface area contributed by atoms with E-state index in [0.717, 1.165) is 24.1 Å². The van der Waals surface area contributed by atoms with Crippen LogP contribution in [0.15, 0.2) is 42.5 Å². The van der Waals surface area contributed by atoms with Crippen molar-refractivity contribution in [2.75, 3.05) is 37.0 Å². The van der Waals surface area contributed by atoms with E-state index in [1.54, 1.807) is 29.2 Å². The van der Waals surface area contributed by atoms with Crippen molar-refractivity contribution in [3.63, 3.8) is 0 Å². The number of methoxy groups -OCH3 is 1. The fraction of sp³-hybridized carbons (Fsp3) is 0.333. The van der Waals surface area contributed by atoms with Gasteiger partial charge in [0.25, 0.3) is 17.7 Å². The summed E-state index contributed by atoms with van der Waals surface area (Å²) in [4.78, 5) is 52.5. The lowest BCUT2D eigenvalue weighted by atomic mass is 10.0. The lowest BCUT2D eigenvalue weighted by Crippen LogP contribution is -2.37. The number of aryl methyl sites for hydroxylation is 1. The summed E-state index contributed by atoms with van der Waals surface area (Å²) < 4.78 is 4.98. The molecule has 4 rings (SSSR count). The molecule has 8 nitrogen and oxygen atoms in total. The van der Waals surface area contributed by atoms with Crippen LogP contribution in [-0.2, 0) is 20.7 Å². The Balaban J connectivity index is 1.34. The molecular formula is C24H25N3O5. The largest absolute Gasteiger partial charge is 0.375 e. The van der Waals surface area contributed by atoms with Gasteiger partial charge < -0.3 is 15.0 Å². The summed E-state index contributed by atoms with van der Waals surface area (Å²) >= 11 is 0. The van der Waals surface area contributed by atoms with Gasteiger partial charge in [-0.15, -0.1) is 0 Å². The zero-order chi connectivity index (χ0) is 22.7. The molecule has 0 bridgehead atoms. The number of benzene rings is 2. The fourth-order valence-electron chi connectivity index (χ4n) is 4.18. The smallest absolute Gasteiger partial charge is 0.261 e. The molecule has 2 aliphatic rings. The van der Waals surface area contributed by atoms with Gasteiger partial charge in [-0.1, -0.05) is 18.2 Å². The highest BCUT2D eigenvalue weighted by molar-refractivity contribution is 6.21. The molecule has 166 valence electrons. The van der Waals surface area contributed by atoms with Crippen LogP contribution in [0, 0.1) is 0 Å². The van der Waals surface area contributed by atoms with Crippen LogP contribution >= 0.6 is 0 Å². The summed E-state index contributed by atoms with van der Waals surface area (Å²) in [5.41, 5.74) is 3.27. The molecule has 0 unspecified atom stereocenters. The molecule has 2 aromatic carbocycles.